The zero-order valence-electron chi connectivity index (χ0n) is 17.5. The molecule has 1 aromatic carbocycles. The highest BCUT2D eigenvalue weighted by molar-refractivity contribution is 5.59. The van der Waals surface area contributed by atoms with Gasteiger partial charge in [-0.3, -0.25) is 4.57 Å². The molecule has 0 aliphatic carbocycles. The van der Waals surface area contributed by atoms with Gasteiger partial charge in [0.2, 0.25) is 5.88 Å². The maximum Gasteiger partial charge on any atom is 0.213 e. The van der Waals surface area contributed by atoms with Crippen LogP contribution in [0.25, 0.3) is 17.1 Å². The number of hydrogen-bond donors (Lipinski definition) is 0. The van der Waals surface area contributed by atoms with Crippen LogP contribution in [0.4, 0.5) is 0 Å². The molecule has 8 heteroatoms. The van der Waals surface area contributed by atoms with Gasteiger partial charge in [-0.1, -0.05) is 0 Å². The number of aromatic nitrogens is 4. The Morgan fingerprint density at radius 1 is 1.03 bits per heavy atom. The van der Waals surface area contributed by atoms with Gasteiger partial charge in [-0.25, -0.2) is 4.98 Å². The monoisotopic (exact) mass is 397 g/mol. The van der Waals surface area contributed by atoms with Crippen LogP contribution in [0.1, 0.15) is 12.7 Å². The molecule has 0 radical (unpaired) electrons. The average Bonchev–Trinajstić information content (AvgIpc) is 3.11. The second-order valence-electron chi connectivity index (χ2n) is 6.98. The molecule has 0 bridgehead atoms. The fourth-order valence-corrected chi connectivity index (χ4v) is 2.97. The van der Waals surface area contributed by atoms with Crippen LogP contribution >= 0.6 is 0 Å². The lowest BCUT2D eigenvalue weighted by Gasteiger charge is -2.15. The van der Waals surface area contributed by atoms with E-state index in [4.69, 9.17) is 14.2 Å². The molecule has 8 nitrogen and oxygen atoms in total. The molecule has 0 aliphatic heterocycles. The summed E-state index contributed by atoms with van der Waals surface area (Å²) in [6.07, 6.45) is 1.74. The fraction of sp³-hybridized carbons (Fsp3) is 0.381. The van der Waals surface area contributed by atoms with Crippen molar-refractivity contribution in [3.8, 4) is 28.7 Å². The molecule has 0 saturated heterocycles. The molecular formula is C21H27N5O3. The number of rotatable bonds is 9. The van der Waals surface area contributed by atoms with Crippen molar-refractivity contribution in [2.75, 3.05) is 34.9 Å². The highest BCUT2D eigenvalue weighted by atomic mass is 16.5. The van der Waals surface area contributed by atoms with E-state index in [1.807, 2.05) is 62.0 Å². The molecule has 2 heterocycles. The Kier molecular flexibility index (Phi) is 6.79. The Balaban J connectivity index is 1.95. The molecule has 0 unspecified atom stereocenters. The van der Waals surface area contributed by atoms with E-state index >= 15 is 0 Å². The average molecular weight is 397 g/mol. The van der Waals surface area contributed by atoms with Crippen LogP contribution in [-0.2, 0) is 11.3 Å². The molecule has 0 amide bonds. The van der Waals surface area contributed by atoms with Gasteiger partial charge in [-0.15, -0.1) is 10.2 Å². The van der Waals surface area contributed by atoms with Crippen LogP contribution in [0.3, 0.4) is 0 Å². The van der Waals surface area contributed by atoms with Crippen molar-refractivity contribution in [1.82, 2.24) is 24.6 Å². The van der Waals surface area contributed by atoms with Crippen molar-refractivity contribution in [3.63, 3.8) is 0 Å². The standard InChI is InChI=1S/C21H27N5O3/c1-15(14-27-4)29-18-9-6-16(7-10-18)21-24-23-19(13-25(2)3)26(21)17-8-11-20(28-5)22-12-17/h6-12,15H,13-14H2,1-5H3/t15-/m0/s1. The largest absolute Gasteiger partial charge is 0.488 e. The summed E-state index contributed by atoms with van der Waals surface area (Å²) in [5.74, 6) is 2.91. The molecule has 0 spiro atoms. The van der Waals surface area contributed by atoms with Gasteiger partial charge in [0.25, 0.3) is 0 Å². The van der Waals surface area contributed by atoms with Gasteiger partial charge in [-0.2, -0.15) is 0 Å². The zero-order valence-corrected chi connectivity index (χ0v) is 17.5. The first-order valence-electron chi connectivity index (χ1n) is 9.37. The predicted molar refractivity (Wildman–Crippen MR) is 110 cm³/mol. The Morgan fingerprint density at radius 2 is 1.79 bits per heavy atom. The Labute approximate surface area is 171 Å². The minimum atomic E-state index is -0.0217. The predicted octanol–water partition coefficient (Wildman–Crippen LogP) is 2.81. The third-order valence-electron chi connectivity index (χ3n) is 4.23. The van der Waals surface area contributed by atoms with Crippen molar-refractivity contribution in [2.24, 2.45) is 0 Å². The third kappa shape index (κ3) is 5.10. The van der Waals surface area contributed by atoms with Crippen molar-refractivity contribution in [3.05, 3.63) is 48.4 Å². The molecule has 0 saturated carbocycles. The molecule has 3 rings (SSSR count). The normalized spacial score (nSPS) is 12.2. The van der Waals surface area contributed by atoms with Gasteiger partial charge in [0, 0.05) is 18.7 Å². The van der Waals surface area contributed by atoms with Crippen molar-refractivity contribution in [2.45, 2.75) is 19.6 Å². The summed E-state index contributed by atoms with van der Waals surface area (Å²) in [5.41, 5.74) is 1.81. The van der Waals surface area contributed by atoms with Gasteiger partial charge in [0.15, 0.2) is 11.6 Å². The third-order valence-corrected chi connectivity index (χ3v) is 4.23. The first-order valence-corrected chi connectivity index (χ1v) is 9.37. The number of benzene rings is 1. The minimum absolute atomic E-state index is 0.0217. The molecule has 2 aromatic heterocycles. The van der Waals surface area contributed by atoms with E-state index in [9.17, 15) is 0 Å². The van der Waals surface area contributed by atoms with Crippen LogP contribution < -0.4 is 9.47 Å². The Hall–Kier alpha value is -2.97. The van der Waals surface area contributed by atoms with E-state index in [2.05, 4.69) is 20.1 Å². The Morgan fingerprint density at radius 3 is 2.38 bits per heavy atom. The van der Waals surface area contributed by atoms with E-state index in [1.165, 1.54) is 0 Å². The smallest absolute Gasteiger partial charge is 0.213 e. The van der Waals surface area contributed by atoms with Crippen molar-refractivity contribution in [1.29, 1.82) is 0 Å². The van der Waals surface area contributed by atoms with E-state index in [0.717, 1.165) is 28.6 Å². The highest BCUT2D eigenvalue weighted by Gasteiger charge is 2.17. The lowest BCUT2D eigenvalue weighted by Crippen LogP contribution is -2.17. The van der Waals surface area contributed by atoms with Crippen LogP contribution in [-0.4, -0.2) is 65.7 Å². The minimum Gasteiger partial charge on any atom is -0.488 e. The molecular weight excluding hydrogens is 370 g/mol. The molecule has 154 valence electrons. The summed E-state index contributed by atoms with van der Waals surface area (Å²) in [7, 11) is 7.26. The van der Waals surface area contributed by atoms with Crippen molar-refractivity contribution >= 4 is 0 Å². The van der Waals surface area contributed by atoms with Crippen LogP contribution in [0, 0.1) is 0 Å². The molecule has 29 heavy (non-hydrogen) atoms. The Bertz CT molecular complexity index is 907. The first kappa shape index (κ1) is 20.8. The number of ether oxygens (including phenoxy) is 3. The molecule has 1 atom stereocenters. The molecule has 0 fully saturated rings. The number of methoxy groups -OCH3 is 2. The van der Waals surface area contributed by atoms with E-state index in [0.29, 0.717) is 19.0 Å². The van der Waals surface area contributed by atoms with Crippen LogP contribution in [0.5, 0.6) is 11.6 Å². The fourth-order valence-electron chi connectivity index (χ4n) is 2.97. The van der Waals surface area contributed by atoms with Crippen LogP contribution in [0.15, 0.2) is 42.6 Å². The van der Waals surface area contributed by atoms with E-state index in [-0.39, 0.29) is 6.10 Å². The summed E-state index contributed by atoms with van der Waals surface area (Å²) in [6.45, 7) is 3.15. The van der Waals surface area contributed by atoms with Crippen LogP contribution in [0.2, 0.25) is 0 Å². The first-order chi connectivity index (χ1) is 14.0. The lowest BCUT2D eigenvalue weighted by molar-refractivity contribution is 0.0921. The second kappa shape index (κ2) is 9.49. The zero-order chi connectivity index (χ0) is 20.8. The van der Waals surface area contributed by atoms with Gasteiger partial charge in [0.1, 0.15) is 11.9 Å². The SMILES string of the molecule is COC[C@H](C)Oc1ccc(-c2nnc(CN(C)C)n2-c2ccc(OC)nc2)cc1. The molecule has 0 N–H and O–H groups in total. The number of hydrogen-bond acceptors (Lipinski definition) is 7. The topological polar surface area (TPSA) is 74.5 Å². The number of pyridine rings is 1. The quantitative estimate of drug-likeness (QED) is 0.550. The summed E-state index contributed by atoms with van der Waals surface area (Å²) < 4.78 is 18.1. The summed E-state index contributed by atoms with van der Waals surface area (Å²) in [4.78, 5) is 6.38. The maximum atomic E-state index is 5.85. The molecule has 3 aromatic rings. The summed E-state index contributed by atoms with van der Waals surface area (Å²) in [6, 6.07) is 11.6. The highest BCUT2D eigenvalue weighted by Crippen LogP contribution is 2.26. The van der Waals surface area contributed by atoms with Gasteiger partial charge in [0.05, 0.1) is 32.1 Å². The van der Waals surface area contributed by atoms with Crippen molar-refractivity contribution < 1.29 is 14.2 Å². The second-order valence-corrected chi connectivity index (χ2v) is 6.98. The maximum absolute atomic E-state index is 5.85. The van der Waals surface area contributed by atoms with Gasteiger partial charge < -0.3 is 19.1 Å². The summed E-state index contributed by atoms with van der Waals surface area (Å²) in [5, 5.41) is 8.86. The van der Waals surface area contributed by atoms with E-state index in [1.54, 1.807) is 20.4 Å². The van der Waals surface area contributed by atoms with E-state index < -0.39 is 0 Å². The number of nitrogens with zero attached hydrogens (tertiary/aromatic N) is 5. The van der Waals surface area contributed by atoms with Gasteiger partial charge in [-0.05, 0) is 51.4 Å². The lowest BCUT2D eigenvalue weighted by atomic mass is 10.2. The van der Waals surface area contributed by atoms with Gasteiger partial charge >= 0.3 is 0 Å². The summed E-state index contributed by atoms with van der Waals surface area (Å²) >= 11 is 0. The molecule has 0 aliphatic rings.